The zero-order valence-corrected chi connectivity index (χ0v) is 23.0. The molecule has 2 aromatic carbocycles. The van der Waals surface area contributed by atoms with E-state index in [1.54, 1.807) is 58.0 Å². The van der Waals surface area contributed by atoms with E-state index < -0.39 is 16.4 Å². The maximum atomic E-state index is 13.1. The average molecular weight is 576 g/mol. The Hall–Kier alpha value is -4.65. The first-order chi connectivity index (χ1) is 20.2. The minimum atomic E-state index is -1.24. The van der Waals surface area contributed by atoms with Crippen LogP contribution in [0, 0.1) is 11.1 Å². The Kier molecular flexibility index (Phi) is 7.19. The molecular formula is C30H29N3O9. The van der Waals surface area contributed by atoms with Crippen molar-refractivity contribution in [2.45, 2.75) is 18.9 Å². The number of hydrogen-bond donors (Lipinski definition) is 2. The van der Waals surface area contributed by atoms with Crippen LogP contribution in [0.5, 0.6) is 17.2 Å². The lowest BCUT2D eigenvalue weighted by Crippen LogP contribution is -3.00. The molecular weight excluding hydrogens is 546 g/mol. The first-order valence-electron chi connectivity index (χ1n) is 13.4. The van der Waals surface area contributed by atoms with Crippen molar-refractivity contribution in [2.75, 3.05) is 33.9 Å². The van der Waals surface area contributed by atoms with Gasteiger partial charge in [-0.05, 0) is 54.3 Å². The number of quaternary nitrogens is 1. The highest BCUT2D eigenvalue weighted by Crippen LogP contribution is 2.36. The van der Waals surface area contributed by atoms with Crippen molar-refractivity contribution in [3.05, 3.63) is 86.3 Å². The number of benzene rings is 2. The van der Waals surface area contributed by atoms with Crippen LogP contribution in [-0.2, 0) is 11.3 Å². The highest BCUT2D eigenvalue weighted by molar-refractivity contribution is 5.83. The summed E-state index contributed by atoms with van der Waals surface area (Å²) in [5.74, 6) is 1.19. The number of nitrogens with zero attached hydrogens (tertiary/aromatic N) is 2. The molecule has 2 aliphatic heterocycles. The van der Waals surface area contributed by atoms with Crippen LogP contribution < -0.4 is 30.6 Å². The molecule has 1 saturated heterocycles. The third-order valence-corrected chi connectivity index (χ3v) is 7.95. The smallest absolute Gasteiger partial charge is 0.344 e. The van der Waals surface area contributed by atoms with Gasteiger partial charge in [0.1, 0.15) is 11.3 Å². The molecule has 4 aromatic rings. The van der Waals surface area contributed by atoms with Crippen LogP contribution in [0.4, 0.5) is 5.69 Å². The van der Waals surface area contributed by atoms with Gasteiger partial charge < -0.3 is 33.3 Å². The molecule has 42 heavy (non-hydrogen) atoms. The van der Waals surface area contributed by atoms with Gasteiger partial charge in [0.2, 0.25) is 5.69 Å². The third-order valence-electron chi connectivity index (χ3n) is 7.95. The average Bonchev–Trinajstić information content (AvgIpc) is 2.99. The number of fused-ring (bicyclic) bond motifs is 5. The maximum absolute atomic E-state index is 13.1. The molecule has 3 atom stereocenters. The van der Waals surface area contributed by atoms with Crippen molar-refractivity contribution in [3.8, 4) is 28.4 Å². The molecule has 2 aliphatic rings. The fraction of sp³-hybridized carbons (Fsp3) is 0.300. The summed E-state index contributed by atoms with van der Waals surface area (Å²) in [5.41, 5.74) is 0.778. The van der Waals surface area contributed by atoms with E-state index in [2.05, 4.69) is 0 Å². The predicted molar refractivity (Wildman–Crippen MR) is 150 cm³/mol. The standard InChI is InChI=1S/C30H29N3O9/c1-39-25-8-4-18(11-27(25)40-2)22-10-19-3-5-21(12-26(19)42-30(22)36)41-16-28(34)31-13-17-9-20(15-31)23-6-7-24(33(37)38)29(35)32(23)14-17/h3-8,10-12,17,20,33,37H,9,13-16H2,1-2H3/t17-,20?/m0/s1. The van der Waals surface area contributed by atoms with E-state index in [9.17, 15) is 24.8 Å². The number of nitrogens with one attached hydrogen (secondary N) is 1. The van der Waals surface area contributed by atoms with Crippen LogP contribution in [0.25, 0.3) is 22.1 Å². The van der Waals surface area contributed by atoms with Gasteiger partial charge in [0.25, 0.3) is 5.91 Å². The molecule has 0 spiro atoms. The van der Waals surface area contributed by atoms with Crippen LogP contribution >= 0.6 is 0 Å². The van der Waals surface area contributed by atoms with Crippen molar-refractivity contribution in [2.24, 2.45) is 5.92 Å². The molecule has 12 heteroatoms. The fourth-order valence-corrected chi connectivity index (χ4v) is 5.93. The van der Waals surface area contributed by atoms with Gasteiger partial charge in [-0.1, -0.05) is 6.07 Å². The Morgan fingerprint density at radius 3 is 2.60 bits per heavy atom. The number of methoxy groups -OCH3 is 2. The largest absolute Gasteiger partial charge is 0.595 e. The number of carbonyl (C=O) groups is 1. The second-order valence-corrected chi connectivity index (χ2v) is 10.5. The third kappa shape index (κ3) is 5.00. The molecule has 2 N–H and O–H groups in total. The van der Waals surface area contributed by atoms with Gasteiger partial charge in [-0.15, -0.1) is 0 Å². The molecule has 4 heterocycles. The van der Waals surface area contributed by atoms with Gasteiger partial charge in [-0.3, -0.25) is 9.59 Å². The number of amides is 1. The zero-order valence-electron chi connectivity index (χ0n) is 23.0. The predicted octanol–water partition coefficient (Wildman–Crippen LogP) is 2.07. The molecule has 2 aromatic heterocycles. The molecule has 6 rings (SSSR count). The van der Waals surface area contributed by atoms with E-state index in [1.807, 2.05) is 0 Å². The molecule has 12 nitrogen and oxygen atoms in total. The highest BCUT2D eigenvalue weighted by Gasteiger charge is 2.37. The normalized spacial score (nSPS) is 18.3. The number of pyridine rings is 1. The maximum Gasteiger partial charge on any atom is 0.344 e. The Bertz CT molecular complexity index is 1800. The molecule has 2 unspecified atom stereocenters. The summed E-state index contributed by atoms with van der Waals surface area (Å²) in [7, 11) is 3.06. The zero-order chi connectivity index (χ0) is 29.5. The monoisotopic (exact) mass is 575 g/mol. The Balaban J connectivity index is 1.15. The summed E-state index contributed by atoms with van der Waals surface area (Å²) in [5, 5.41) is 20.1. The minimum Gasteiger partial charge on any atom is -0.595 e. The molecule has 1 fully saturated rings. The molecule has 1 amide bonds. The summed E-state index contributed by atoms with van der Waals surface area (Å²) >= 11 is 0. The number of carbonyl (C=O) groups excluding carboxylic acids is 1. The van der Waals surface area contributed by atoms with Gasteiger partial charge in [0.05, 0.1) is 19.8 Å². The van der Waals surface area contributed by atoms with Crippen molar-refractivity contribution in [1.29, 1.82) is 0 Å². The fourth-order valence-electron chi connectivity index (χ4n) is 5.93. The molecule has 218 valence electrons. The Morgan fingerprint density at radius 2 is 1.83 bits per heavy atom. The Labute approximate surface area is 239 Å². The highest BCUT2D eigenvalue weighted by atomic mass is 16.8. The van der Waals surface area contributed by atoms with E-state index >= 15 is 0 Å². The second kappa shape index (κ2) is 11.0. The number of rotatable bonds is 7. The molecule has 0 saturated carbocycles. The quantitative estimate of drug-likeness (QED) is 0.250. The number of piperidine rings is 1. The minimum absolute atomic E-state index is 0.0387. The van der Waals surface area contributed by atoms with Crippen LogP contribution in [0.2, 0.25) is 0 Å². The van der Waals surface area contributed by atoms with E-state index in [0.717, 1.165) is 12.1 Å². The molecule has 2 bridgehead atoms. The number of likely N-dealkylation sites (tertiary alicyclic amines) is 1. The summed E-state index contributed by atoms with van der Waals surface area (Å²) < 4.78 is 23.5. The first-order valence-corrected chi connectivity index (χ1v) is 13.4. The topological polar surface area (TPSA) is 148 Å². The second-order valence-electron chi connectivity index (χ2n) is 10.5. The van der Waals surface area contributed by atoms with Gasteiger partial charge in [0, 0.05) is 48.8 Å². The SMILES string of the molecule is COc1ccc(-c2cc3ccc(OCC(=O)N4CC5C[C@@H](C4)Cn4c5ccc([NH+]([O-])O)c4=O)cc3oc2=O)cc1OC. The van der Waals surface area contributed by atoms with E-state index in [0.29, 0.717) is 59.0 Å². The van der Waals surface area contributed by atoms with Crippen molar-refractivity contribution in [1.82, 2.24) is 9.47 Å². The van der Waals surface area contributed by atoms with Gasteiger partial charge >= 0.3 is 11.2 Å². The van der Waals surface area contributed by atoms with Crippen molar-refractivity contribution >= 4 is 22.6 Å². The van der Waals surface area contributed by atoms with Crippen LogP contribution in [0.1, 0.15) is 18.0 Å². The summed E-state index contributed by atoms with van der Waals surface area (Å²) in [6, 6.07) is 15.0. The van der Waals surface area contributed by atoms with Crippen LogP contribution in [-0.4, -0.2) is 54.5 Å². The van der Waals surface area contributed by atoms with Gasteiger partial charge in [-0.25, -0.2) is 10.0 Å². The van der Waals surface area contributed by atoms with Crippen LogP contribution in [0.3, 0.4) is 0 Å². The Morgan fingerprint density at radius 1 is 1.02 bits per heavy atom. The summed E-state index contributed by atoms with van der Waals surface area (Å²) in [6.45, 7) is 1.03. The molecule has 0 radical (unpaired) electrons. The lowest BCUT2D eigenvalue weighted by atomic mass is 9.83. The molecule has 0 aliphatic carbocycles. The summed E-state index contributed by atoms with van der Waals surface area (Å²) in [4.78, 5) is 40.3. The lowest BCUT2D eigenvalue weighted by molar-refractivity contribution is -0.992. The van der Waals surface area contributed by atoms with E-state index in [1.165, 1.54) is 20.3 Å². The van der Waals surface area contributed by atoms with Crippen molar-refractivity contribution in [3.63, 3.8) is 0 Å². The number of ether oxygens (including phenoxy) is 3. The number of hydrogen-bond acceptors (Lipinski definition) is 9. The summed E-state index contributed by atoms with van der Waals surface area (Å²) in [6.07, 6.45) is 0.825. The van der Waals surface area contributed by atoms with Crippen molar-refractivity contribution < 1.29 is 33.9 Å². The van der Waals surface area contributed by atoms with Gasteiger partial charge in [0.15, 0.2) is 18.1 Å². The number of aromatic nitrogens is 1. The van der Waals surface area contributed by atoms with E-state index in [-0.39, 0.29) is 30.0 Å². The lowest BCUT2D eigenvalue weighted by Gasteiger charge is -2.42. The first kappa shape index (κ1) is 27.5. The van der Waals surface area contributed by atoms with E-state index in [4.69, 9.17) is 18.6 Å². The van der Waals surface area contributed by atoms with Crippen LogP contribution in [0.15, 0.2) is 68.6 Å². The van der Waals surface area contributed by atoms with Gasteiger partial charge in [-0.2, -0.15) is 5.23 Å².